The van der Waals surface area contributed by atoms with Gasteiger partial charge in [-0.2, -0.15) is 5.10 Å². The molecule has 0 bridgehead atoms. The van der Waals surface area contributed by atoms with Crippen LogP contribution in [0.25, 0.3) is 27.5 Å². The second-order valence-corrected chi connectivity index (χ2v) is 13.6. The summed E-state index contributed by atoms with van der Waals surface area (Å²) in [7, 11) is -8.28. The number of H-pyrrole nitrogens is 1. The third-order valence-corrected chi connectivity index (χ3v) is 10.7. The Morgan fingerprint density at radius 3 is 2.34 bits per heavy atom. The SMILES string of the molecule is CCCS(=O)(=O)c1c(S(=O)(=O)CCC)c2cc(-c3ccncc3)ccn2c1C(=O)N/N=C/c1c[nH]c2ccccc12. The average molecular weight is 592 g/mol. The van der Waals surface area contributed by atoms with E-state index in [0.29, 0.717) is 11.1 Å². The van der Waals surface area contributed by atoms with Crippen LogP contribution in [0.4, 0.5) is 0 Å². The molecule has 0 spiro atoms. The summed E-state index contributed by atoms with van der Waals surface area (Å²) in [5.41, 5.74) is 5.23. The Hall–Kier alpha value is -4.29. The molecule has 0 unspecified atom stereocenters. The number of amides is 1. The zero-order valence-corrected chi connectivity index (χ0v) is 24.2. The van der Waals surface area contributed by atoms with E-state index in [1.54, 1.807) is 56.7 Å². The highest BCUT2D eigenvalue weighted by atomic mass is 32.2. The number of benzene rings is 1. The lowest BCUT2D eigenvalue weighted by Crippen LogP contribution is -2.23. The lowest BCUT2D eigenvalue weighted by Gasteiger charge is -2.08. The molecular formula is C29H29N5O5S2. The zero-order valence-electron chi connectivity index (χ0n) is 22.5. The van der Waals surface area contributed by atoms with Gasteiger partial charge in [0.2, 0.25) is 0 Å². The summed E-state index contributed by atoms with van der Waals surface area (Å²) < 4.78 is 55.9. The van der Waals surface area contributed by atoms with Crippen molar-refractivity contribution in [1.82, 2.24) is 19.8 Å². The van der Waals surface area contributed by atoms with Crippen molar-refractivity contribution in [2.45, 2.75) is 36.5 Å². The van der Waals surface area contributed by atoms with Crippen LogP contribution in [0.15, 0.2) is 88.2 Å². The normalized spacial score (nSPS) is 12.4. The Morgan fingerprint density at radius 1 is 0.951 bits per heavy atom. The first-order chi connectivity index (χ1) is 19.7. The summed E-state index contributed by atoms with van der Waals surface area (Å²) in [6, 6.07) is 14.4. The number of rotatable bonds is 10. The molecule has 0 radical (unpaired) electrons. The van der Waals surface area contributed by atoms with Gasteiger partial charge in [-0.3, -0.25) is 9.78 Å². The maximum absolute atomic E-state index is 13.7. The van der Waals surface area contributed by atoms with Gasteiger partial charge in [0, 0.05) is 41.3 Å². The molecule has 10 nitrogen and oxygen atoms in total. The predicted octanol–water partition coefficient (Wildman–Crippen LogP) is 4.61. The largest absolute Gasteiger partial charge is 0.361 e. The average Bonchev–Trinajstić information content (AvgIpc) is 3.53. The van der Waals surface area contributed by atoms with Gasteiger partial charge in [0.15, 0.2) is 19.7 Å². The highest BCUT2D eigenvalue weighted by Gasteiger charge is 2.37. The molecule has 0 aliphatic rings. The number of nitrogens with zero attached hydrogens (tertiary/aromatic N) is 3. The lowest BCUT2D eigenvalue weighted by atomic mass is 10.1. The van der Waals surface area contributed by atoms with Crippen LogP contribution in [-0.4, -0.2) is 54.8 Å². The summed E-state index contributed by atoms with van der Waals surface area (Å²) in [6.45, 7) is 3.38. The molecule has 0 saturated carbocycles. The van der Waals surface area contributed by atoms with Gasteiger partial charge in [-0.1, -0.05) is 32.0 Å². The van der Waals surface area contributed by atoms with Crippen LogP contribution in [0.5, 0.6) is 0 Å². The standard InChI is InChI=1S/C29H29N5O5S2/c1-3-15-40(36,37)27-25-17-21(20-9-12-30-13-10-20)11-14-34(25)26(28(27)41(38,39)16-4-2)29(35)33-32-19-22-18-31-24-8-6-5-7-23(22)24/h5-14,17-19,31H,3-4,15-16H2,1-2H3,(H,33,35)/b32-19+. The number of aromatic amines is 1. The van der Waals surface area contributed by atoms with Gasteiger partial charge >= 0.3 is 0 Å². The number of pyridine rings is 2. The van der Waals surface area contributed by atoms with E-state index < -0.39 is 30.5 Å². The fourth-order valence-corrected chi connectivity index (χ4v) is 8.86. The first-order valence-electron chi connectivity index (χ1n) is 13.1. The van der Waals surface area contributed by atoms with Gasteiger partial charge in [0.1, 0.15) is 15.5 Å². The first-order valence-corrected chi connectivity index (χ1v) is 16.4. The van der Waals surface area contributed by atoms with Crippen molar-refractivity contribution in [2.24, 2.45) is 5.10 Å². The molecule has 5 rings (SSSR count). The quantitative estimate of drug-likeness (QED) is 0.179. The maximum Gasteiger partial charge on any atom is 0.289 e. The molecule has 0 atom stereocenters. The molecule has 4 aromatic heterocycles. The van der Waals surface area contributed by atoms with Gasteiger partial charge in [-0.15, -0.1) is 0 Å². The van der Waals surface area contributed by atoms with Crippen LogP contribution in [0.2, 0.25) is 0 Å². The van der Waals surface area contributed by atoms with E-state index in [-0.39, 0.29) is 40.5 Å². The zero-order chi connectivity index (χ0) is 29.2. The van der Waals surface area contributed by atoms with Gasteiger partial charge in [0.25, 0.3) is 5.91 Å². The summed E-state index contributed by atoms with van der Waals surface area (Å²) >= 11 is 0. The van der Waals surface area contributed by atoms with Crippen molar-refractivity contribution in [1.29, 1.82) is 0 Å². The van der Waals surface area contributed by atoms with Gasteiger partial charge < -0.3 is 9.38 Å². The number of hydrogen-bond donors (Lipinski definition) is 2. The van der Waals surface area contributed by atoms with Crippen LogP contribution in [0.3, 0.4) is 0 Å². The molecule has 0 fully saturated rings. The van der Waals surface area contributed by atoms with Gasteiger partial charge in [-0.05, 0) is 54.3 Å². The number of carbonyl (C=O) groups excluding carboxylic acids is 1. The number of carbonyl (C=O) groups is 1. The number of aromatic nitrogens is 3. The van der Waals surface area contributed by atoms with Gasteiger partial charge in [-0.25, -0.2) is 22.3 Å². The van der Waals surface area contributed by atoms with Crippen molar-refractivity contribution in [3.05, 3.63) is 84.6 Å². The molecular weight excluding hydrogens is 562 g/mol. The fraction of sp³-hybridized carbons (Fsp3) is 0.207. The molecule has 212 valence electrons. The van der Waals surface area contributed by atoms with E-state index in [1.165, 1.54) is 16.8 Å². The van der Waals surface area contributed by atoms with Crippen molar-refractivity contribution in [3.63, 3.8) is 0 Å². The van der Waals surface area contributed by atoms with Crippen LogP contribution in [0.1, 0.15) is 42.7 Å². The van der Waals surface area contributed by atoms with Crippen LogP contribution >= 0.6 is 0 Å². The minimum absolute atomic E-state index is 0.105. The third kappa shape index (κ3) is 5.40. The second kappa shape index (κ2) is 11.3. The van der Waals surface area contributed by atoms with Crippen molar-refractivity contribution < 1.29 is 21.6 Å². The molecule has 5 aromatic rings. The fourth-order valence-electron chi connectivity index (χ4n) is 4.88. The summed E-state index contributed by atoms with van der Waals surface area (Å²) in [5.74, 6) is -1.45. The van der Waals surface area contributed by atoms with Crippen molar-refractivity contribution in [2.75, 3.05) is 11.5 Å². The number of sulfone groups is 2. The highest BCUT2D eigenvalue weighted by Crippen LogP contribution is 2.36. The van der Waals surface area contributed by atoms with Gasteiger partial charge in [0.05, 0.1) is 23.2 Å². The van der Waals surface area contributed by atoms with E-state index in [2.05, 4.69) is 20.5 Å². The van der Waals surface area contributed by atoms with Crippen molar-refractivity contribution in [3.8, 4) is 11.1 Å². The number of nitrogens with one attached hydrogen (secondary N) is 2. The molecule has 0 saturated heterocycles. The topological polar surface area (TPSA) is 143 Å². The molecule has 1 aromatic carbocycles. The Kier molecular flexibility index (Phi) is 7.78. The highest BCUT2D eigenvalue weighted by molar-refractivity contribution is 7.94. The second-order valence-electron chi connectivity index (χ2n) is 9.54. The predicted molar refractivity (Wildman–Crippen MR) is 159 cm³/mol. The lowest BCUT2D eigenvalue weighted by molar-refractivity contribution is 0.0945. The number of fused-ring (bicyclic) bond motifs is 2. The van der Waals surface area contributed by atoms with E-state index in [4.69, 9.17) is 0 Å². The van der Waals surface area contributed by atoms with E-state index in [9.17, 15) is 21.6 Å². The molecule has 2 N–H and O–H groups in total. The number of hydrazone groups is 1. The first kappa shape index (κ1) is 28.2. The molecule has 12 heteroatoms. The summed E-state index contributed by atoms with van der Waals surface area (Å²) in [4.78, 5) is 19.9. The third-order valence-electron chi connectivity index (χ3n) is 6.64. The Labute approximate surface area is 238 Å². The number of hydrogen-bond acceptors (Lipinski definition) is 7. The van der Waals surface area contributed by atoms with Crippen LogP contribution in [0, 0.1) is 0 Å². The molecule has 41 heavy (non-hydrogen) atoms. The Balaban J connectivity index is 1.71. The van der Waals surface area contributed by atoms with E-state index >= 15 is 0 Å². The molecule has 0 aliphatic carbocycles. The number of para-hydroxylation sites is 1. The molecule has 0 aliphatic heterocycles. The molecule has 4 heterocycles. The minimum Gasteiger partial charge on any atom is -0.361 e. The van der Waals surface area contributed by atoms with E-state index in [0.717, 1.165) is 16.5 Å². The van der Waals surface area contributed by atoms with Crippen LogP contribution in [-0.2, 0) is 19.7 Å². The summed E-state index contributed by atoms with van der Waals surface area (Å²) in [6.07, 6.45) is 8.42. The monoisotopic (exact) mass is 591 g/mol. The van der Waals surface area contributed by atoms with Crippen molar-refractivity contribution >= 4 is 48.2 Å². The molecule has 1 amide bonds. The van der Waals surface area contributed by atoms with Crippen LogP contribution < -0.4 is 5.43 Å². The Bertz CT molecular complexity index is 1990. The van der Waals surface area contributed by atoms with E-state index in [1.807, 2.05) is 24.3 Å². The minimum atomic E-state index is -4.18. The smallest absolute Gasteiger partial charge is 0.289 e. The summed E-state index contributed by atoms with van der Waals surface area (Å²) in [5, 5.41) is 4.97. The maximum atomic E-state index is 13.7. The Morgan fingerprint density at radius 2 is 1.63 bits per heavy atom.